The number of imide groups is 1. The van der Waals surface area contributed by atoms with Gasteiger partial charge in [-0.2, -0.15) is 0 Å². The minimum absolute atomic E-state index is 0.319. The molecule has 25 heavy (non-hydrogen) atoms. The van der Waals surface area contributed by atoms with Crippen molar-refractivity contribution >= 4 is 23.5 Å². The average Bonchev–Trinajstić information content (AvgIpc) is 2.73. The summed E-state index contributed by atoms with van der Waals surface area (Å²) in [6.45, 7) is 7.07. The van der Waals surface area contributed by atoms with Crippen LogP contribution in [-0.2, 0) is 9.59 Å². The van der Waals surface area contributed by atoms with Gasteiger partial charge in [-0.15, -0.1) is 0 Å². The van der Waals surface area contributed by atoms with Crippen molar-refractivity contribution in [1.82, 2.24) is 10.2 Å². The normalized spacial score (nSPS) is 20.2. The molecular weight excluding hydrogens is 325 g/mol. The first kappa shape index (κ1) is 18.9. The van der Waals surface area contributed by atoms with Crippen molar-refractivity contribution in [3.63, 3.8) is 0 Å². The van der Waals surface area contributed by atoms with Crippen LogP contribution in [0.4, 0.5) is 14.9 Å². The number of nitrogens with zero attached hydrogens (tertiary/aromatic N) is 1. The Kier molecular flexibility index (Phi) is 5.45. The van der Waals surface area contributed by atoms with Gasteiger partial charge in [-0.05, 0) is 50.3 Å². The molecule has 1 aromatic rings. The third kappa shape index (κ3) is 4.35. The Hall–Kier alpha value is -2.44. The second-order valence-corrected chi connectivity index (χ2v) is 7.09. The molecule has 0 radical (unpaired) electrons. The average molecular weight is 349 g/mol. The van der Waals surface area contributed by atoms with Crippen LogP contribution in [0.1, 0.15) is 39.2 Å². The molecule has 1 fully saturated rings. The molecule has 1 aliphatic rings. The molecule has 0 spiro atoms. The number of rotatable bonds is 6. The summed E-state index contributed by atoms with van der Waals surface area (Å²) in [5.41, 5.74) is 0.0180. The number of benzene rings is 1. The molecular formula is C18H24FN3O3. The van der Waals surface area contributed by atoms with Crippen LogP contribution < -0.4 is 10.6 Å². The molecule has 0 unspecified atom stereocenters. The number of carbonyl (C=O) groups excluding carboxylic acids is 3. The lowest BCUT2D eigenvalue weighted by Gasteiger charge is -2.22. The van der Waals surface area contributed by atoms with E-state index in [1.807, 2.05) is 13.8 Å². The van der Waals surface area contributed by atoms with E-state index in [0.29, 0.717) is 23.6 Å². The van der Waals surface area contributed by atoms with Gasteiger partial charge < -0.3 is 10.6 Å². The number of anilines is 1. The first-order valence-corrected chi connectivity index (χ1v) is 8.32. The smallest absolute Gasteiger partial charge is 0.324 e. The van der Waals surface area contributed by atoms with E-state index >= 15 is 0 Å². The fourth-order valence-electron chi connectivity index (χ4n) is 2.70. The molecule has 7 heteroatoms. The zero-order chi connectivity index (χ0) is 18.8. The largest absolute Gasteiger partial charge is 0.325 e. The standard InChI is InChI=1S/C18H24FN3O3/c1-11(2)7-8-18(4)16(24)22(17(25)21-18)10-15(23)20-14-9-13(19)6-5-12(14)3/h5-6,9,11H,7-8,10H2,1-4H3,(H,20,23)(H,21,25)/t18-/m0/s1. The first-order chi connectivity index (χ1) is 11.6. The lowest BCUT2D eigenvalue weighted by atomic mass is 9.92. The van der Waals surface area contributed by atoms with Gasteiger partial charge >= 0.3 is 6.03 Å². The Morgan fingerprint density at radius 2 is 2.04 bits per heavy atom. The van der Waals surface area contributed by atoms with Crippen LogP contribution in [0.3, 0.4) is 0 Å². The third-order valence-corrected chi connectivity index (χ3v) is 4.34. The van der Waals surface area contributed by atoms with E-state index in [2.05, 4.69) is 10.6 Å². The van der Waals surface area contributed by atoms with Gasteiger partial charge in [0.15, 0.2) is 0 Å². The zero-order valence-corrected chi connectivity index (χ0v) is 15.0. The van der Waals surface area contributed by atoms with Crippen LogP contribution in [0.2, 0.25) is 0 Å². The molecule has 1 heterocycles. The van der Waals surface area contributed by atoms with E-state index in [9.17, 15) is 18.8 Å². The van der Waals surface area contributed by atoms with Gasteiger partial charge in [-0.3, -0.25) is 14.5 Å². The van der Waals surface area contributed by atoms with Gasteiger partial charge in [-0.1, -0.05) is 19.9 Å². The second-order valence-electron chi connectivity index (χ2n) is 7.09. The summed E-state index contributed by atoms with van der Waals surface area (Å²) in [5, 5.41) is 5.22. The molecule has 1 aromatic carbocycles. The molecule has 2 rings (SSSR count). The topological polar surface area (TPSA) is 78.5 Å². The third-order valence-electron chi connectivity index (χ3n) is 4.34. The summed E-state index contributed by atoms with van der Waals surface area (Å²) in [6, 6.07) is 3.46. The Balaban J connectivity index is 2.04. The van der Waals surface area contributed by atoms with E-state index in [1.54, 1.807) is 19.9 Å². The minimum atomic E-state index is -0.990. The van der Waals surface area contributed by atoms with Crippen LogP contribution in [-0.4, -0.2) is 34.8 Å². The highest BCUT2D eigenvalue weighted by Gasteiger charge is 2.47. The maximum absolute atomic E-state index is 13.3. The molecule has 0 aliphatic carbocycles. The van der Waals surface area contributed by atoms with Crippen molar-refractivity contribution in [1.29, 1.82) is 0 Å². The predicted octanol–water partition coefficient (Wildman–Crippen LogP) is 2.82. The number of amides is 4. The molecule has 1 atom stereocenters. The first-order valence-electron chi connectivity index (χ1n) is 8.32. The number of nitrogens with one attached hydrogen (secondary N) is 2. The quantitative estimate of drug-likeness (QED) is 0.775. The van der Waals surface area contributed by atoms with Crippen molar-refractivity contribution in [2.45, 2.75) is 46.1 Å². The van der Waals surface area contributed by atoms with Gasteiger partial charge in [0.2, 0.25) is 5.91 Å². The highest BCUT2D eigenvalue weighted by atomic mass is 19.1. The number of hydrogen-bond acceptors (Lipinski definition) is 3. The van der Waals surface area contributed by atoms with E-state index in [1.165, 1.54) is 12.1 Å². The van der Waals surface area contributed by atoms with Crippen molar-refractivity contribution in [3.05, 3.63) is 29.6 Å². The maximum Gasteiger partial charge on any atom is 0.325 e. The SMILES string of the molecule is Cc1ccc(F)cc1NC(=O)CN1C(=O)N[C@@](C)(CCC(C)C)C1=O. The molecule has 6 nitrogen and oxygen atoms in total. The van der Waals surface area contributed by atoms with E-state index in [0.717, 1.165) is 11.3 Å². The van der Waals surface area contributed by atoms with E-state index in [4.69, 9.17) is 0 Å². The summed E-state index contributed by atoms with van der Waals surface area (Å²) >= 11 is 0. The molecule has 136 valence electrons. The van der Waals surface area contributed by atoms with Crippen molar-refractivity contribution < 1.29 is 18.8 Å². The number of urea groups is 1. The number of carbonyl (C=O) groups is 3. The summed E-state index contributed by atoms with van der Waals surface area (Å²) in [6.07, 6.45) is 1.29. The Morgan fingerprint density at radius 1 is 1.36 bits per heavy atom. The summed E-state index contributed by atoms with van der Waals surface area (Å²) < 4.78 is 13.3. The van der Waals surface area contributed by atoms with E-state index < -0.39 is 35.7 Å². The lowest BCUT2D eigenvalue weighted by Crippen LogP contribution is -2.44. The van der Waals surface area contributed by atoms with Crippen LogP contribution in [0.25, 0.3) is 0 Å². The zero-order valence-electron chi connectivity index (χ0n) is 15.0. The monoisotopic (exact) mass is 349 g/mol. The van der Waals surface area contributed by atoms with Gasteiger partial charge in [0.05, 0.1) is 0 Å². The molecule has 1 saturated heterocycles. The number of halogens is 1. The highest BCUT2D eigenvalue weighted by Crippen LogP contribution is 2.25. The van der Waals surface area contributed by atoms with Crippen molar-refractivity contribution in [3.8, 4) is 0 Å². The van der Waals surface area contributed by atoms with Gasteiger partial charge in [0.25, 0.3) is 5.91 Å². The Labute approximate surface area is 146 Å². The van der Waals surface area contributed by atoms with Gasteiger partial charge in [-0.25, -0.2) is 9.18 Å². The van der Waals surface area contributed by atoms with Crippen LogP contribution in [0.15, 0.2) is 18.2 Å². The van der Waals surface area contributed by atoms with Crippen LogP contribution in [0.5, 0.6) is 0 Å². The molecule has 0 aromatic heterocycles. The number of aryl methyl sites for hydroxylation is 1. The van der Waals surface area contributed by atoms with Crippen molar-refractivity contribution in [2.24, 2.45) is 5.92 Å². The fourth-order valence-corrected chi connectivity index (χ4v) is 2.70. The van der Waals surface area contributed by atoms with Crippen LogP contribution in [0, 0.1) is 18.7 Å². The lowest BCUT2D eigenvalue weighted by molar-refractivity contribution is -0.133. The second kappa shape index (κ2) is 7.21. The number of hydrogen-bond donors (Lipinski definition) is 2. The van der Waals surface area contributed by atoms with Gasteiger partial charge in [0.1, 0.15) is 17.9 Å². The predicted molar refractivity (Wildman–Crippen MR) is 92.5 cm³/mol. The highest BCUT2D eigenvalue weighted by molar-refractivity contribution is 6.09. The molecule has 2 N–H and O–H groups in total. The summed E-state index contributed by atoms with van der Waals surface area (Å²) in [4.78, 5) is 37.8. The van der Waals surface area contributed by atoms with E-state index in [-0.39, 0.29) is 0 Å². The van der Waals surface area contributed by atoms with Gasteiger partial charge in [0, 0.05) is 5.69 Å². The van der Waals surface area contributed by atoms with Crippen molar-refractivity contribution in [2.75, 3.05) is 11.9 Å². The Morgan fingerprint density at radius 3 is 2.68 bits per heavy atom. The fraction of sp³-hybridized carbons (Fsp3) is 0.500. The molecule has 0 bridgehead atoms. The summed E-state index contributed by atoms with van der Waals surface area (Å²) in [5.74, 6) is -1.04. The molecule has 1 aliphatic heterocycles. The van der Waals surface area contributed by atoms with Crippen LogP contribution >= 0.6 is 0 Å². The molecule has 4 amide bonds. The minimum Gasteiger partial charge on any atom is -0.324 e. The molecule has 0 saturated carbocycles. The summed E-state index contributed by atoms with van der Waals surface area (Å²) in [7, 11) is 0. The maximum atomic E-state index is 13.3. The Bertz CT molecular complexity index is 705.